The first-order chi connectivity index (χ1) is 9.33. The molecule has 8 heteroatoms. The van der Waals surface area contributed by atoms with E-state index in [1.807, 2.05) is 0 Å². The standard InChI is InChI=1S/C12H16O8/c1-19-11(17)6-3-7(10(15)16)9(12(18)20-2)5(6)4-8(13)14/h5-7,9H,3-4H2,1-2H3,(H,13,14)(H,15,16). The molecule has 112 valence electrons. The highest BCUT2D eigenvalue weighted by atomic mass is 16.5. The van der Waals surface area contributed by atoms with Crippen molar-refractivity contribution >= 4 is 23.9 Å². The Morgan fingerprint density at radius 2 is 1.55 bits per heavy atom. The maximum Gasteiger partial charge on any atom is 0.309 e. The fraction of sp³-hybridized carbons (Fsp3) is 0.667. The number of esters is 2. The second kappa shape index (κ2) is 6.36. The van der Waals surface area contributed by atoms with E-state index in [0.29, 0.717) is 0 Å². The number of methoxy groups -OCH3 is 2. The fourth-order valence-corrected chi connectivity index (χ4v) is 2.77. The summed E-state index contributed by atoms with van der Waals surface area (Å²) in [4.78, 5) is 45.5. The van der Waals surface area contributed by atoms with Gasteiger partial charge in [-0.1, -0.05) is 0 Å². The van der Waals surface area contributed by atoms with Crippen LogP contribution in [0.4, 0.5) is 0 Å². The van der Waals surface area contributed by atoms with Crippen molar-refractivity contribution in [3.05, 3.63) is 0 Å². The fourth-order valence-electron chi connectivity index (χ4n) is 2.77. The minimum Gasteiger partial charge on any atom is -0.481 e. The Bertz CT molecular complexity index is 429. The Kier molecular flexibility index (Phi) is 5.06. The molecule has 0 heterocycles. The monoisotopic (exact) mass is 288 g/mol. The third-order valence-corrected chi connectivity index (χ3v) is 3.62. The molecule has 0 aromatic rings. The smallest absolute Gasteiger partial charge is 0.309 e. The van der Waals surface area contributed by atoms with E-state index < -0.39 is 54.0 Å². The summed E-state index contributed by atoms with van der Waals surface area (Å²) in [5.41, 5.74) is 0. The zero-order valence-corrected chi connectivity index (χ0v) is 11.1. The molecule has 1 aliphatic rings. The molecule has 4 atom stereocenters. The number of carboxylic acid groups (broad SMARTS) is 2. The van der Waals surface area contributed by atoms with E-state index in [2.05, 4.69) is 9.47 Å². The molecule has 1 saturated carbocycles. The molecule has 0 radical (unpaired) electrons. The second-order valence-corrected chi connectivity index (χ2v) is 4.62. The van der Waals surface area contributed by atoms with Crippen molar-refractivity contribution in [2.75, 3.05) is 14.2 Å². The van der Waals surface area contributed by atoms with Gasteiger partial charge >= 0.3 is 23.9 Å². The van der Waals surface area contributed by atoms with Gasteiger partial charge in [0, 0.05) is 6.42 Å². The van der Waals surface area contributed by atoms with Crippen molar-refractivity contribution in [2.45, 2.75) is 12.8 Å². The average molecular weight is 288 g/mol. The van der Waals surface area contributed by atoms with Gasteiger partial charge in [0.25, 0.3) is 0 Å². The van der Waals surface area contributed by atoms with Gasteiger partial charge in [-0.05, 0) is 12.3 Å². The van der Waals surface area contributed by atoms with Gasteiger partial charge in [-0.15, -0.1) is 0 Å². The number of carbonyl (C=O) groups is 4. The number of rotatable bonds is 5. The van der Waals surface area contributed by atoms with Crippen LogP contribution in [-0.4, -0.2) is 48.3 Å². The van der Waals surface area contributed by atoms with Crippen LogP contribution in [0, 0.1) is 23.7 Å². The van der Waals surface area contributed by atoms with Crippen molar-refractivity contribution in [3.63, 3.8) is 0 Å². The Labute approximate surface area is 114 Å². The normalized spacial score (nSPS) is 28.7. The van der Waals surface area contributed by atoms with Crippen molar-refractivity contribution in [2.24, 2.45) is 23.7 Å². The first-order valence-corrected chi connectivity index (χ1v) is 5.93. The zero-order chi connectivity index (χ0) is 15.4. The molecule has 0 aliphatic heterocycles. The van der Waals surface area contributed by atoms with Crippen molar-refractivity contribution in [3.8, 4) is 0 Å². The maximum atomic E-state index is 11.7. The molecular formula is C12H16O8. The number of carbonyl (C=O) groups excluding carboxylic acids is 2. The van der Waals surface area contributed by atoms with E-state index in [9.17, 15) is 19.2 Å². The molecule has 8 nitrogen and oxygen atoms in total. The lowest BCUT2D eigenvalue weighted by molar-refractivity contribution is -0.157. The minimum atomic E-state index is -1.26. The van der Waals surface area contributed by atoms with Gasteiger partial charge in [-0.3, -0.25) is 19.2 Å². The molecule has 0 bridgehead atoms. The van der Waals surface area contributed by atoms with Gasteiger partial charge in [-0.2, -0.15) is 0 Å². The van der Waals surface area contributed by atoms with Gasteiger partial charge in [0.1, 0.15) is 0 Å². The van der Waals surface area contributed by atoms with Crippen LogP contribution in [0.15, 0.2) is 0 Å². The van der Waals surface area contributed by atoms with Gasteiger partial charge in [0.15, 0.2) is 0 Å². The zero-order valence-electron chi connectivity index (χ0n) is 11.1. The lowest BCUT2D eigenvalue weighted by Gasteiger charge is -2.21. The largest absolute Gasteiger partial charge is 0.481 e. The molecule has 0 aromatic carbocycles. The predicted octanol–water partition coefficient (Wildman–Crippen LogP) is -0.240. The molecule has 0 amide bonds. The average Bonchev–Trinajstić information content (AvgIpc) is 2.75. The van der Waals surface area contributed by atoms with Gasteiger partial charge in [0.2, 0.25) is 0 Å². The molecule has 1 rings (SSSR count). The highest BCUT2D eigenvalue weighted by Crippen LogP contribution is 2.45. The van der Waals surface area contributed by atoms with Crippen LogP contribution in [0.5, 0.6) is 0 Å². The summed E-state index contributed by atoms with van der Waals surface area (Å²) in [6, 6.07) is 0. The molecule has 0 spiro atoms. The first-order valence-electron chi connectivity index (χ1n) is 5.93. The molecule has 0 saturated heterocycles. The van der Waals surface area contributed by atoms with Crippen molar-refractivity contribution in [1.29, 1.82) is 0 Å². The maximum absolute atomic E-state index is 11.7. The molecule has 2 N–H and O–H groups in total. The lowest BCUT2D eigenvalue weighted by Crippen LogP contribution is -2.33. The number of ether oxygens (including phenoxy) is 2. The Morgan fingerprint density at radius 3 is 1.95 bits per heavy atom. The number of hydrogen-bond donors (Lipinski definition) is 2. The molecular weight excluding hydrogens is 272 g/mol. The molecule has 20 heavy (non-hydrogen) atoms. The summed E-state index contributed by atoms with van der Waals surface area (Å²) < 4.78 is 9.10. The Balaban J connectivity index is 3.15. The van der Waals surface area contributed by atoms with Crippen LogP contribution in [0.3, 0.4) is 0 Å². The van der Waals surface area contributed by atoms with Crippen molar-refractivity contribution < 1.29 is 38.9 Å². The SMILES string of the molecule is COC(=O)C1CC(C(=O)O)C(C(=O)OC)C1CC(=O)O. The quantitative estimate of drug-likeness (QED) is 0.663. The van der Waals surface area contributed by atoms with Gasteiger partial charge in [0.05, 0.1) is 32.0 Å². The van der Waals surface area contributed by atoms with Crippen LogP contribution in [-0.2, 0) is 28.7 Å². The van der Waals surface area contributed by atoms with E-state index in [1.165, 1.54) is 0 Å². The third kappa shape index (κ3) is 3.06. The van der Waals surface area contributed by atoms with E-state index >= 15 is 0 Å². The third-order valence-electron chi connectivity index (χ3n) is 3.62. The van der Waals surface area contributed by atoms with E-state index in [4.69, 9.17) is 10.2 Å². The second-order valence-electron chi connectivity index (χ2n) is 4.62. The van der Waals surface area contributed by atoms with Crippen LogP contribution in [0.25, 0.3) is 0 Å². The Morgan fingerprint density at radius 1 is 1.00 bits per heavy atom. The van der Waals surface area contributed by atoms with E-state index in [1.54, 1.807) is 0 Å². The summed E-state index contributed by atoms with van der Waals surface area (Å²) >= 11 is 0. The molecule has 0 aromatic heterocycles. The molecule has 1 fully saturated rings. The van der Waals surface area contributed by atoms with Crippen molar-refractivity contribution in [1.82, 2.24) is 0 Å². The summed E-state index contributed by atoms with van der Waals surface area (Å²) in [7, 11) is 2.21. The highest BCUT2D eigenvalue weighted by Gasteiger charge is 2.54. The topological polar surface area (TPSA) is 127 Å². The van der Waals surface area contributed by atoms with Crippen LogP contribution in [0.2, 0.25) is 0 Å². The molecule has 1 aliphatic carbocycles. The van der Waals surface area contributed by atoms with Crippen LogP contribution >= 0.6 is 0 Å². The molecule has 4 unspecified atom stereocenters. The first kappa shape index (κ1) is 15.9. The number of carboxylic acids is 2. The number of aliphatic carboxylic acids is 2. The number of hydrogen-bond acceptors (Lipinski definition) is 6. The predicted molar refractivity (Wildman–Crippen MR) is 62.5 cm³/mol. The van der Waals surface area contributed by atoms with Gasteiger partial charge < -0.3 is 19.7 Å². The van der Waals surface area contributed by atoms with Crippen LogP contribution < -0.4 is 0 Å². The Hall–Kier alpha value is -2.12. The van der Waals surface area contributed by atoms with E-state index in [0.717, 1.165) is 14.2 Å². The van der Waals surface area contributed by atoms with Gasteiger partial charge in [-0.25, -0.2) is 0 Å². The lowest BCUT2D eigenvalue weighted by atomic mass is 9.84. The minimum absolute atomic E-state index is 0.139. The summed E-state index contributed by atoms with van der Waals surface area (Å²) in [6.07, 6.45) is -0.636. The summed E-state index contributed by atoms with van der Waals surface area (Å²) in [5.74, 6) is -8.24. The summed E-state index contributed by atoms with van der Waals surface area (Å²) in [5, 5.41) is 18.0. The summed E-state index contributed by atoms with van der Waals surface area (Å²) in [6.45, 7) is 0. The van der Waals surface area contributed by atoms with E-state index in [-0.39, 0.29) is 6.42 Å². The van der Waals surface area contributed by atoms with Crippen LogP contribution in [0.1, 0.15) is 12.8 Å². The highest BCUT2D eigenvalue weighted by molar-refractivity contribution is 5.86.